The standard InChI is InChI=1S/C11H11ClO/c12-11-7-5-10(6-8-11)4-2-1-3-9-13/h5-8,13H,1,3,9H2. The molecule has 0 saturated heterocycles. The molecule has 1 rings (SSSR count). The Balaban J connectivity index is 2.52. The van der Waals surface area contributed by atoms with Gasteiger partial charge in [-0.25, -0.2) is 0 Å². The summed E-state index contributed by atoms with van der Waals surface area (Å²) in [5.41, 5.74) is 0.960. The van der Waals surface area contributed by atoms with Crippen molar-refractivity contribution in [2.45, 2.75) is 12.8 Å². The Labute approximate surface area is 83.4 Å². The van der Waals surface area contributed by atoms with Crippen molar-refractivity contribution in [3.05, 3.63) is 34.9 Å². The van der Waals surface area contributed by atoms with Crippen molar-refractivity contribution in [3.63, 3.8) is 0 Å². The number of aliphatic hydroxyl groups excluding tert-OH is 1. The lowest BCUT2D eigenvalue weighted by molar-refractivity contribution is 0.290. The van der Waals surface area contributed by atoms with Crippen LogP contribution in [0.4, 0.5) is 0 Å². The molecule has 2 heteroatoms. The fourth-order valence-corrected chi connectivity index (χ4v) is 0.991. The molecule has 0 atom stereocenters. The lowest BCUT2D eigenvalue weighted by Crippen LogP contribution is -1.79. The van der Waals surface area contributed by atoms with Gasteiger partial charge in [-0.15, -0.1) is 0 Å². The number of unbranched alkanes of at least 4 members (excludes halogenated alkanes) is 1. The molecule has 1 aromatic carbocycles. The maximum atomic E-state index is 8.51. The molecule has 13 heavy (non-hydrogen) atoms. The normalized spacial score (nSPS) is 9.08. The van der Waals surface area contributed by atoms with Crippen LogP contribution in [0.25, 0.3) is 0 Å². The third-order valence-corrected chi connectivity index (χ3v) is 1.79. The van der Waals surface area contributed by atoms with Gasteiger partial charge in [0.15, 0.2) is 0 Å². The number of benzene rings is 1. The molecule has 68 valence electrons. The van der Waals surface area contributed by atoms with Gasteiger partial charge in [0.1, 0.15) is 0 Å². The Morgan fingerprint density at radius 2 is 1.92 bits per heavy atom. The molecular weight excluding hydrogens is 184 g/mol. The van der Waals surface area contributed by atoms with E-state index in [1.165, 1.54) is 0 Å². The predicted molar refractivity (Wildman–Crippen MR) is 54.6 cm³/mol. The van der Waals surface area contributed by atoms with E-state index in [1.54, 1.807) is 0 Å². The van der Waals surface area contributed by atoms with Crippen LogP contribution in [0.2, 0.25) is 5.02 Å². The summed E-state index contributed by atoms with van der Waals surface area (Å²) in [6.07, 6.45) is 1.47. The van der Waals surface area contributed by atoms with Gasteiger partial charge in [-0.2, -0.15) is 0 Å². The Morgan fingerprint density at radius 1 is 1.23 bits per heavy atom. The van der Waals surface area contributed by atoms with Crippen molar-refractivity contribution in [2.75, 3.05) is 6.61 Å². The van der Waals surface area contributed by atoms with E-state index < -0.39 is 0 Å². The second-order valence-corrected chi connectivity index (χ2v) is 3.07. The minimum Gasteiger partial charge on any atom is -0.396 e. The van der Waals surface area contributed by atoms with Gasteiger partial charge in [-0.3, -0.25) is 0 Å². The molecule has 0 spiro atoms. The van der Waals surface area contributed by atoms with Crippen LogP contribution in [-0.2, 0) is 0 Å². The third kappa shape index (κ3) is 3.98. The van der Waals surface area contributed by atoms with Crippen LogP contribution in [0.3, 0.4) is 0 Å². The first kappa shape index (κ1) is 10.1. The van der Waals surface area contributed by atoms with Gasteiger partial charge in [0.25, 0.3) is 0 Å². The number of rotatable bonds is 2. The van der Waals surface area contributed by atoms with Crippen molar-refractivity contribution in [3.8, 4) is 11.8 Å². The number of aliphatic hydroxyl groups is 1. The van der Waals surface area contributed by atoms with Crippen molar-refractivity contribution in [1.29, 1.82) is 0 Å². The van der Waals surface area contributed by atoms with E-state index >= 15 is 0 Å². The smallest absolute Gasteiger partial charge is 0.0440 e. The van der Waals surface area contributed by atoms with E-state index in [1.807, 2.05) is 24.3 Å². The zero-order valence-corrected chi connectivity index (χ0v) is 8.01. The molecule has 0 aliphatic heterocycles. The topological polar surface area (TPSA) is 20.2 Å². The Bertz CT molecular complexity index is 305. The molecule has 0 bridgehead atoms. The van der Waals surface area contributed by atoms with Crippen molar-refractivity contribution >= 4 is 11.6 Å². The fourth-order valence-electron chi connectivity index (χ4n) is 0.865. The summed E-state index contributed by atoms with van der Waals surface area (Å²) < 4.78 is 0. The highest BCUT2D eigenvalue weighted by Gasteiger charge is 1.86. The SMILES string of the molecule is OCCCC#Cc1ccc(Cl)cc1. The van der Waals surface area contributed by atoms with Crippen LogP contribution < -0.4 is 0 Å². The number of hydrogen-bond acceptors (Lipinski definition) is 1. The average molecular weight is 195 g/mol. The first-order chi connectivity index (χ1) is 6.33. The third-order valence-electron chi connectivity index (χ3n) is 1.54. The van der Waals surface area contributed by atoms with Gasteiger partial charge in [0.05, 0.1) is 0 Å². The van der Waals surface area contributed by atoms with Gasteiger partial charge < -0.3 is 5.11 Å². The molecule has 0 aliphatic carbocycles. The molecule has 0 aromatic heterocycles. The summed E-state index contributed by atoms with van der Waals surface area (Å²) in [5.74, 6) is 5.96. The summed E-state index contributed by atoms with van der Waals surface area (Å²) >= 11 is 5.71. The predicted octanol–water partition coefficient (Wildman–Crippen LogP) is 2.46. The maximum absolute atomic E-state index is 8.51. The lowest BCUT2D eigenvalue weighted by atomic mass is 10.2. The molecule has 0 unspecified atom stereocenters. The van der Waals surface area contributed by atoms with Crippen LogP contribution in [0.5, 0.6) is 0 Å². The highest BCUT2D eigenvalue weighted by atomic mass is 35.5. The number of halogens is 1. The maximum Gasteiger partial charge on any atom is 0.0440 e. The van der Waals surface area contributed by atoms with Crippen molar-refractivity contribution in [1.82, 2.24) is 0 Å². The van der Waals surface area contributed by atoms with Crippen LogP contribution in [0.15, 0.2) is 24.3 Å². The largest absolute Gasteiger partial charge is 0.396 e. The van der Waals surface area contributed by atoms with Gasteiger partial charge >= 0.3 is 0 Å². The molecule has 0 radical (unpaired) electrons. The molecule has 0 aliphatic rings. The van der Waals surface area contributed by atoms with Crippen molar-refractivity contribution < 1.29 is 5.11 Å². The summed E-state index contributed by atoms with van der Waals surface area (Å²) in [5, 5.41) is 9.24. The molecule has 1 aromatic rings. The van der Waals surface area contributed by atoms with Crippen molar-refractivity contribution in [2.24, 2.45) is 0 Å². The number of hydrogen-bond donors (Lipinski definition) is 1. The summed E-state index contributed by atoms with van der Waals surface area (Å²) in [4.78, 5) is 0. The van der Waals surface area contributed by atoms with Gasteiger partial charge in [0, 0.05) is 23.6 Å². The molecule has 0 amide bonds. The second kappa shape index (κ2) is 5.64. The molecule has 0 heterocycles. The van der Waals surface area contributed by atoms with Gasteiger partial charge in [-0.05, 0) is 30.7 Å². The van der Waals surface area contributed by atoms with E-state index in [-0.39, 0.29) is 6.61 Å². The molecule has 1 nitrogen and oxygen atoms in total. The first-order valence-electron chi connectivity index (χ1n) is 4.18. The fraction of sp³-hybridized carbons (Fsp3) is 0.273. The van der Waals surface area contributed by atoms with E-state index in [4.69, 9.17) is 16.7 Å². The van der Waals surface area contributed by atoms with Gasteiger partial charge in [-0.1, -0.05) is 23.4 Å². The average Bonchev–Trinajstić information content (AvgIpc) is 2.15. The molecular formula is C11H11ClO. The summed E-state index contributed by atoms with van der Waals surface area (Å²) in [6, 6.07) is 7.40. The lowest BCUT2D eigenvalue weighted by Gasteiger charge is -1.89. The molecule has 0 saturated carbocycles. The highest BCUT2D eigenvalue weighted by molar-refractivity contribution is 6.30. The second-order valence-electron chi connectivity index (χ2n) is 2.64. The van der Waals surface area contributed by atoms with Crippen LogP contribution in [-0.4, -0.2) is 11.7 Å². The zero-order chi connectivity index (χ0) is 9.52. The summed E-state index contributed by atoms with van der Waals surface area (Å²) in [7, 11) is 0. The van der Waals surface area contributed by atoms with Crippen LogP contribution in [0.1, 0.15) is 18.4 Å². The molecule has 0 fully saturated rings. The van der Waals surface area contributed by atoms with E-state index in [0.717, 1.165) is 23.4 Å². The monoisotopic (exact) mass is 194 g/mol. The Hall–Kier alpha value is -0.970. The zero-order valence-electron chi connectivity index (χ0n) is 7.26. The first-order valence-corrected chi connectivity index (χ1v) is 4.56. The highest BCUT2D eigenvalue weighted by Crippen LogP contribution is 2.08. The van der Waals surface area contributed by atoms with E-state index in [0.29, 0.717) is 0 Å². The van der Waals surface area contributed by atoms with Crippen LogP contribution in [0, 0.1) is 11.8 Å². The summed E-state index contributed by atoms with van der Waals surface area (Å²) in [6.45, 7) is 0.204. The Morgan fingerprint density at radius 3 is 2.54 bits per heavy atom. The minimum absolute atomic E-state index is 0.204. The van der Waals surface area contributed by atoms with E-state index in [2.05, 4.69) is 11.8 Å². The molecule has 1 N–H and O–H groups in total. The van der Waals surface area contributed by atoms with E-state index in [9.17, 15) is 0 Å². The van der Waals surface area contributed by atoms with Crippen LogP contribution >= 0.6 is 11.6 Å². The van der Waals surface area contributed by atoms with Gasteiger partial charge in [0.2, 0.25) is 0 Å². The Kier molecular flexibility index (Phi) is 4.39. The minimum atomic E-state index is 0.204. The quantitative estimate of drug-likeness (QED) is 0.567.